The van der Waals surface area contributed by atoms with E-state index < -0.39 is 0 Å². The van der Waals surface area contributed by atoms with Crippen molar-refractivity contribution < 1.29 is 0 Å². The smallest absolute Gasteiger partial charge is 0.0105 e. The van der Waals surface area contributed by atoms with Crippen LogP contribution in [0.4, 0.5) is 0 Å². The quantitative estimate of drug-likeness (QED) is 0.0846. The molecule has 70 heavy (non-hydrogen) atoms. The average Bonchev–Trinajstić information content (AvgIpc) is 3.43. The lowest BCUT2D eigenvalue weighted by Crippen LogP contribution is -2.04. The second-order valence-corrected chi connectivity index (χ2v) is 19.7. The Morgan fingerprint density at radius 2 is 0.600 bits per heavy atom. The first-order chi connectivity index (χ1) is 34.7. The number of benzene rings is 9. The molecule has 0 atom stereocenters. The fourth-order valence-electron chi connectivity index (χ4n) is 11.2. The Labute approximate surface area is 416 Å². The molecule has 0 unspecified atom stereocenters. The van der Waals surface area contributed by atoms with Crippen LogP contribution in [0.3, 0.4) is 0 Å². The lowest BCUT2D eigenvalue weighted by atomic mass is 9.83. The van der Waals surface area contributed by atoms with Gasteiger partial charge in [-0.15, -0.1) is 0 Å². The minimum Gasteiger partial charge on any atom is -0.0622 e. The summed E-state index contributed by atoms with van der Waals surface area (Å²) >= 11 is 0. The molecular formula is C70H62. The van der Waals surface area contributed by atoms with Gasteiger partial charge in [-0.05, 0) is 173 Å². The third-order valence-electron chi connectivity index (χ3n) is 15.1. The van der Waals surface area contributed by atoms with Crippen LogP contribution >= 0.6 is 0 Å². The van der Waals surface area contributed by atoms with Crippen molar-refractivity contribution in [3.8, 4) is 0 Å². The zero-order chi connectivity index (χ0) is 46.9. The molecule has 342 valence electrons. The zero-order valence-electron chi connectivity index (χ0n) is 40.3. The molecule has 0 amide bonds. The lowest BCUT2D eigenvalue weighted by Gasteiger charge is -2.22. The Balaban J connectivity index is 0.966. The van der Waals surface area contributed by atoms with E-state index in [-0.39, 0.29) is 0 Å². The van der Waals surface area contributed by atoms with Crippen molar-refractivity contribution >= 4 is 69.1 Å². The van der Waals surface area contributed by atoms with Crippen LogP contribution in [0.15, 0.2) is 206 Å². The number of hydrogen-bond donors (Lipinski definition) is 0. The SMILES string of the molecule is C(=C/c1cc2cc3ccccc3cc2cc1/C=C\c1ccccc1/C=C(/c1ccccc1)c1ccc(C2CCCCC2)cc1)/c1ccccc1/C=C(/c1ccccc1)c1ccc(C2CCCCC2)cc1. The third kappa shape index (κ3) is 10.4. The largest absolute Gasteiger partial charge is 0.0622 e. The molecule has 0 N–H and O–H groups in total. The van der Waals surface area contributed by atoms with E-state index in [1.165, 1.54) is 164 Å². The van der Waals surface area contributed by atoms with Gasteiger partial charge in [-0.2, -0.15) is 0 Å². The van der Waals surface area contributed by atoms with E-state index in [2.05, 4.69) is 243 Å². The van der Waals surface area contributed by atoms with Crippen LogP contribution in [0.25, 0.3) is 69.1 Å². The summed E-state index contributed by atoms with van der Waals surface area (Å²) in [5.74, 6) is 1.37. The Morgan fingerprint density at radius 1 is 0.271 bits per heavy atom. The van der Waals surface area contributed by atoms with E-state index in [9.17, 15) is 0 Å². The number of rotatable bonds is 12. The van der Waals surface area contributed by atoms with E-state index >= 15 is 0 Å². The lowest BCUT2D eigenvalue weighted by molar-refractivity contribution is 0.443. The van der Waals surface area contributed by atoms with Crippen molar-refractivity contribution in [1.82, 2.24) is 0 Å². The minimum atomic E-state index is 0.685. The van der Waals surface area contributed by atoms with Crippen LogP contribution < -0.4 is 0 Å². The molecule has 0 heteroatoms. The molecule has 9 aromatic rings. The molecule has 0 aliphatic heterocycles. The molecule has 2 aliphatic carbocycles. The summed E-state index contributed by atoms with van der Waals surface area (Å²) in [5, 5.41) is 4.97. The van der Waals surface area contributed by atoms with Crippen LogP contribution in [-0.4, -0.2) is 0 Å². The van der Waals surface area contributed by atoms with Gasteiger partial charge in [0.05, 0.1) is 0 Å². The highest BCUT2D eigenvalue weighted by atomic mass is 14.2. The Hall–Kier alpha value is -7.54. The Bertz CT molecular complexity index is 3100. The summed E-state index contributed by atoms with van der Waals surface area (Å²) in [7, 11) is 0. The molecule has 0 aromatic heterocycles. The molecule has 0 spiro atoms. The highest BCUT2D eigenvalue weighted by molar-refractivity contribution is 6.02. The standard InChI is InChI=1S/C70H62/c1-5-19-51(20-6-1)55-33-39-59(40-34-55)69(57-25-9-3-10-26-57)49-63-31-15-13-23-53(63)37-43-65-47-67-45-61-29-17-18-30-62(61)46-68(67)48-66(65)44-38-54-24-14-16-32-64(54)50-70(58-27-11-4-12-28-58)60-41-35-56(36-42-60)52-21-7-2-8-22-52/h3-4,9-18,23-52H,1-2,5-8,19-22H2/b43-37-,44-38-,69-49-,70-50-. The summed E-state index contributed by atoms with van der Waals surface area (Å²) in [5.41, 5.74) is 17.5. The van der Waals surface area contributed by atoms with Gasteiger partial charge in [-0.25, -0.2) is 0 Å². The number of hydrogen-bond acceptors (Lipinski definition) is 0. The van der Waals surface area contributed by atoms with Crippen LogP contribution in [0.2, 0.25) is 0 Å². The highest BCUT2D eigenvalue weighted by Crippen LogP contribution is 2.37. The average molecular weight is 903 g/mol. The maximum absolute atomic E-state index is 2.39. The Morgan fingerprint density at radius 3 is 1.00 bits per heavy atom. The maximum Gasteiger partial charge on any atom is -0.0105 e. The molecular weight excluding hydrogens is 841 g/mol. The molecule has 0 heterocycles. The maximum atomic E-state index is 2.39. The molecule has 2 fully saturated rings. The fraction of sp³-hybridized carbons (Fsp3) is 0.171. The van der Waals surface area contributed by atoms with Crippen molar-refractivity contribution in [1.29, 1.82) is 0 Å². The first-order valence-corrected chi connectivity index (χ1v) is 25.9. The fourth-order valence-corrected chi connectivity index (χ4v) is 11.2. The predicted molar refractivity (Wildman–Crippen MR) is 304 cm³/mol. The van der Waals surface area contributed by atoms with Crippen LogP contribution in [0.5, 0.6) is 0 Å². The van der Waals surface area contributed by atoms with Crippen LogP contribution in [0, 0.1) is 0 Å². The molecule has 11 rings (SSSR count). The first kappa shape index (κ1) is 44.9. The van der Waals surface area contributed by atoms with Gasteiger partial charge in [-0.3, -0.25) is 0 Å². The molecule has 2 aliphatic rings. The number of fused-ring (bicyclic) bond motifs is 2. The Kier molecular flexibility index (Phi) is 13.7. The van der Waals surface area contributed by atoms with Crippen molar-refractivity contribution in [3.05, 3.63) is 273 Å². The summed E-state index contributed by atoms with van der Waals surface area (Å²) < 4.78 is 0. The molecule has 0 bridgehead atoms. The normalized spacial score (nSPS) is 15.4. The van der Waals surface area contributed by atoms with Crippen molar-refractivity contribution in [2.75, 3.05) is 0 Å². The second-order valence-electron chi connectivity index (χ2n) is 19.7. The third-order valence-corrected chi connectivity index (χ3v) is 15.1. The van der Waals surface area contributed by atoms with Gasteiger partial charge in [0.15, 0.2) is 0 Å². The summed E-state index contributed by atoms with van der Waals surface area (Å²) in [6.45, 7) is 0. The summed E-state index contributed by atoms with van der Waals surface area (Å²) in [6, 6.07) is 76.5. The topological polar surface area (TPSA) is 0 Å². The van der Waals surface area contributed by atoms with Gasteiger partial charge in [-0.1, -0.05) is 245 Å². The first-order valence-electron chi connectivity index (χ1n) is 25.9. The van der Waals surface area contributed by atoms with Gasteiger partial charge in [0.25, 0.3) is 0 Å². The predicted octanol–water partition coefficient (Wildman–Crippen LogP) is 19.6. The zero-order valence-corrected chi connectivity index (χ0v) is 40.3. The molecule has 0 saturated heterocycles. The monoisotopic (exact) mass is 902 g/mol. The van der Waals surface area contributed by atoms with E-state index in [0.717, 1.165) is 0 Å². The highest BCUT2D eigenvalue weighted by Gasteiger charge is 2.18. The van der Waals surface area contributed by atoms with E-state index in [4.69, 9.17) is 0 Å². The van der Waals surface area contributed by atoms with E-state index in [0.29, 0.717) is 11.8 Å². The van der Waals surface area contributed by atoms with Crippen molar-refractivity contribution in [2.45, 2.75) is 76.0 Å². The van der Waals surface area contributed by atoms with Gasteiger partial charge in [0.2, 0.25) is 0 Å². The summed E-state index contributed by atoms with van der Waals surface area (Å²) in [4.78, 5) is 0. The molecule has 2 saturated carbocycles. The van der Waals surface area contributed by atoms with Gasteiger partial charge in [0.1, 0.15) is 0 Å². The second kappa shape index (κ2) is 21.4. The molecule has 9 aromatic carbocycles. The van der Waals surface area contributed by atoms with Crippen LogP contribution in [-0.2, 0) is 0 Å². The molecule has 0 radical (unpaired) electrons. The van der Waals surface area contributed by atoms with E-state index in [1.54, 1.807) is 0 Å². The van der Waals surface area contributed by atoms with Gasteiger partial charge >= 0.3 is 0 Å². The molecule has 0 nitrogen and oxygen atoms in total. The van der Waals surface area contributed by atoms with Crippen molar-refractivity contribution in [2.24, 2.45) is 0 Å². The van der Waals surface area contributed by atoms with E-state index in [1.807, 2.05) is 0 Å². The van der Waals surface area contributed by atoms with Gasteiger partial charge < -0.3 is 0 Å². The van der Waals surface area contributed by atoms with Crippen LogP contribution in [0.1, 0.15) is 143 Å². The minimum absolute atomic E-state index is 0.685. The summed E-state index contributed by atoms with van der Waals surface area (Å²) in [6.07, 6.45) is 27.4. The van der Waals surface area contributed by atoms with Crippen molar-refractivity contribution in [3.63, 3.8) is 0 Å². The van der Waals surface area contributed by atoms with Gasteiger partial charge in [0, 0.05) is 0 Å².